The van der Waals surface area contributed by atoms with Gasteiger partial charge in [0.05, 0.1) is 0 Å². The van der Waals surface area contributed by atoms with Crippen LogP contribution in [0.3, 0.4) is 0 Å². The molecule has 0 aromatic rings. The van der Waals surface area contributed by atoms with Crippen molar-refractivity contribution < 1.29 is 0 Å². The number of rotatable bonds is 0. The molecule has 2 aliphatic rings. The summed E-state index contributed by atoms with van der Waals surface area (Å²) in [5, 5.41) is 0. The van der Waals surface area contributed by atoms with E-state index in [-0.39, 0.29) is 0 Å². The Morgan fingerprint density at radius 2 is 2.38 bits per heavy atom. The summed E-state index contributed by atoms with van der Waals surface area (Å²) in [5.41, 5.74) is 1.36. The van der Waals surface area contributed by atoms with Crippen molar-refractivity contribution >= 4 is 0 Å². The molecule has 1 aliphatic carbocycles. The fourth-order valence-corrected chi connectivity index (χ4v) is 1.73. The van der Waals surface area contributed by atoms with Crippen molar-refractivity contribution in [3.8, 4) is 0 Å². The van der Waals surface area contributed by atoms with Crippen molar-refractivity contribution in [3.05, 3.63) is 12.3 Å². The van der Waals surface area contributed by atoms with E-state index in [4.69, 9.17) is 0 Å². The minimum atomic E-state index is 0.889. The van der Waals surface area contributed by atoms with Crippen LogP contribution in [-0.2, 0) is 0 Å². The van der Waals surface area contributed by atoms with E-state index in [0.29, 0.717) is 0 Å². The Kier molecular flexibility index (Phi) is 0.605. The smallest absolute Gasteiger partial charge is 0.0366 e. The van der Waals surface area contributed by atoms with E-state index in [1.807, 2.05) is 0 Å². The molecule has 2 rings (SSSR count). The number of nitrogens with zero attached hydrogens (tertiary/aromatic N) is 1. The molecule has 8 heavy (non-hydrogen) atoms. The first-order chi connectivity index (χ1) is 3.80. The van der Waals surface area contributed by atoms with Crippen LogP contribution in [0.4, 0.5) is 0 Å². The van der Waals surface area contributed by atoms with Gasteiger partial charge in [-0.15, -0.1) is 0 Å². The zero-order valence-corrected chi connectivity index (χ0v) is 5.22. The van der Waals surface area contributed by atoms with Crippen molar-refractivity contribution in [2.45, 2.75) is 18.9 Å². The standard InChI is InChI=1S/C7H11N/c1-5-6-3-4-7(6)8(5)2/h6-7H,1,3-4H2,2H3. The first kappa shape index (κ1) is 4.42. The second-order valence-corrected chi connectivity index (χ2v) is 2.85. The van der Waals surface area contributed by atoms with Crippen LogP contribution in [0, 0.1) is 5.92 Å². The Morgan fingerprint density at radius 1 is 1.62 bits per heavy atom. The summed E-state index contributed by atoms with van der Waals surface area (Å²) in [4.78, 5) is 2.30. The molecule has 0 aromatic carbocycles. The largest absolute Gasteiger partial charge is 0.374 e. The molecule has 44 valence electrons. The van der Waals surface area contributed by atoms with Crippen LogP contribution in [0.15, 0.2) is 12.3 Å². The van der Waals surface area contributed by atoms with Crippen molar-refractivity contribution in [1.82, 2.24) is 4.90 Å². The maximum atomic E-state index is 3.95. The van der Waals surface area contributed by atoms with Gasteiger partial charge < -0.3 is 4.90 Å². The van der Waals surface area contributed by atoms with Crippen LogP contribution in [0.5, 0.6) is 0 Å². The van der Waals surface area contributed by atoms with Crippen molar-refractivity contribution in [2.75, 3.05) is 7.05 Å². The van der Waals surface area contributed by atoms with Gasteiger partial charge in [-0.3, -0.25) is 0 Å². The van der Waals surface area contributed by atoms with E-state index < -0.39 is 0 Å². The predicted octanol–water partition coefficient (Wildman–Crippen LogP) is 1.22. The molecule has 2 fully saturated rings. The molecule has 1 saturated heterocycles. The fourth-order valence-electron chi connectivity index (χ4n) is 1.73. The van der Waals surface area contributed by atoms with Gasteiger partial charge >= 0.3 is 0 Å². The lowest BCUT2D eigenvalue weighted by Crippen LogP contribution is -2.57. The maximum absolute atomic E-state index is 3.95. The third-order valence-corrected chi connectivity index (χ3v) is 2.62. The molecule has 0 N–H and O–H groups in total. The minimum Gasteiger partial charge on any atom is -0.374 e. The Balaban J connectivity index is 2.13. The molecule has 2 unspecified atom stereocenters. The highest BCUT2D eigenvalue weighted by Gasteiger charge is 2.46. The highest BCUT2D eigenvalue weighted by atomic mass is 15.2. The number of likely N-dealkylation sites (tertiary alicyclic amines) is 1. The Bertz CT molecular complexity index is 131. The second-order valence-electron chi connectivity index (χ2n) is 2.85. The van der Waals surface area contributed by atoms with E-state index in [9.17, 15) is 0 Å². The SMILES string of the molecule is C=C1C2CCC2N1C. The van der Waals surface area contributed by atoms with Crippen LogP contribution in [0.1, 0.15) is 12.8 Å². The lowest BCUT2D eigenvalue weighted by Gasteiger charge is -2.57. The van der Waals surface area contributed by atoms with Gasteiger partial charge in [0.2, 0.25) is 0 Å². The van der Waals surface area contributed by atoms with Crippen molar-refractivity contribution in [3.63, 3.8) is 0 Å². The number of piperidine rings is 1. The van der Waals surface area contributed by atoms with Gasteiger partial charge in [-0.1, -0.05) is 6.58 Å². The zero-order chi connectivity index (χ0) is 5.72. The molecule has 1 heterocycles. The quantitative estimate of drug-likeness (QED) is 0.452. The summed E-state index contributed by atoms with van der Waals surface area (Å²) < 4.78 is 0. The summed E-state index contributed by atoms with van der Waals surface area (Å²) in [6.07, 6.45) is 2.80. The summed E-state index contributed by atoms with van der Waals surface area (Å²) in [7, 11) is 2.14. The molecule has 0 spiro atoms. The molecular weight excluding hydrogens is 98.1 g/mol. The molecule has 0 aromatic heterocycles. The number of hydrogen-bond acceptors (Lipinski definition) is 1. The van der Waals surface area contributed by atoms with Crippen molar-refractivity contribution in [2.24, 2.45) is 5.92 Å². The third-order valence-electron chi connectivity index (χ3n) is 2.62. The van der Waals surface area contributed by atoms with Gasteiger partial charge in [0.25, 0.3) is 0 Å². The van der Waals surface area contributed by atoms with Gasteiger partial charge in [0.15, 0.2) is 0 Å². The molecular formula is C7H11N. The lowest BCUT2D eigenvalue weighted by molar-refractivity contribution is 0.0235. The minimum absolute atomic E-state index is 0.889. The monoisotopic (exact) mass is 109 g/mol. The molecule has 1 saturated carbocycles. The van der Waals surface area contributed by atoms with Crippen LogP contribution >= 0.6 is 0 Å². The van der Waals surface area contributed by atoms with E-state index in [1.165, 1.54) is 18.5 Å². The molecule has 1 heteroatoms. The van der Waals surface area contributed by atoms with E-state index >= 15 is 0 Å². The molecule has 1 nitrogen and oxygen atoms in total. The van der Waals surface area contributed by atoms with Gasteiger partial charge in [-0.2, -0.15) is 0 Å². The molecule has 0 bridgehead atoms. The Morgan fingerprint density at radius 3 is 2.50 bits per heavy atom. The van der Waals surface area contributed by atoms with Gasteiger partial charge in [-0.05, 0) is 12.8 Å². The highest BCUT2D eigenvalue weighted by molar-refractivity contribution is 5.20. The molecule has 0 radical (unpaired) electrons. The van der Waals surface area contributed by atoms with E-state index in [2.05, 4.69) is 18.5 Å². The van der Waals surface area contributed by atoms with Gasteiger partial charge in [0, 0.05) is 24.7 Å². The number of hydrogen-bond donors (Lipinski definition) is 0. The van der Waals surface area contributed by atoms with Crippen LogP contribution in [-0.4, -0.2) is 18.0 Å². The first-order valence-corrected chi connectivity index (χ1v) is 3.22. The summed E-state index contributed by atoms with van der Waals surface area (Å²) in [6, 6.07) is 0.891. The summed E-state index contributed by atoms with van der Waals surface area (Å²) in [5.74, 6) is 0.889. The maximum Gasteiger partial charge on any atom is 0.0366 e. The first-order valence-electron chi connectivity index (χ1n) is 3.22. The molecule has 0 amide bonds. The van der Waals surface area contributed by atoms with Gasteiger partial charge in [-0.25, -0.2) is 0 Å². The third kappa shape index (κ3) is 0.271. The Hall–Kier alpha value is -0.460. The van der Waals surface area contributed by atoms with Crippen molar-refractivity contribution in [1.29, 1.82) is 0 Å². The molecule has 1 aliphatic heterocycles. The second kappa shape index (κ2) is 1.09. The van der Waals surface area contributed by atoms with Crippen LogP contribution < -0.4 is 0 Å². The highest BCUT2D eigenvalue weighted by Crippen LogP contribution is 2.47. The average Bonchev–Trinajstić information content (AvgIpc) is 1.64. The lowest BCUT2D eigenvalue weighted by atomic mass is 9.69. The number of fused-ring (bicyclic) bond motifs is 1. The van der Waals surface area contributed by atoms with Crippen LogP contribution in [0.25, 0.3) is 0 Å². The fraction of sp³-hybridized carbons (Fsp3) is 0.714. The van der Waals surface area contributed by atoms with E-state index in [0.717, 1.165) is 12.0 Å². The van der Waals surface area contributed by atoms with Crippen LogP contribution in [0.2, 0.25) is 0 Å². The van der Waals surface area contributed by atoms with Gasteiger partial charge in [0.1, 0.15) is 0 Å². The van der Waals surface area contributed by atoms with E-state index in [1.54, 1.807) is 0 Å². The predicted molar refractivity (Wildman–Crippen MR) is 33.4 cm³/mol. The zero-order valence-electron chi connectivity index (χ0n) is 5.22. The average molecular weight is 109 g/mol. The Labute approximate surface area is 50.0 Å². The summed E-state index contributed by atoms with van der Waals surface area (Å²) in [6.45, 7) is 3.95. The molecule has 2 atom stereocenters. The summed E-state index contributed by atoms with van der Waals surface area (Å²) >= 11 is 0. The topological polar surface area (TPSA) is 3.24 Å². The normalized spacial score (nSPS) is 42.6.